The van der Waals surface area contributed by atoms with Crippen molar-refractivity contribution in [2.45, 2.75) is 24.1 Å². The Morgan fingerprint density at radius 2 is 1.86 bits per heavy atom. The van der Waals surface area contributed by atoms with Crippen molar-refractivity contribution >= 4 is 51.1 Å². The van der Waals surface area contributed by atoms with Crippen LogP contribution in [0.5, 0.6) is 11.5 Å². The van der Waals surface area contributed by atoms with Crippen LogP contribution in [0.3, 0.4) is 0 Å². The van der Waals surface area contributed by atoms with Crippen LogP contribution in [-0.4, -0.2) is 30.5 Å². The summed E-state index contributed by atoms with van der Waals surface area (Å²) >= 11 is 14.2. The number of methoxy groups -OCH3 is 1. The molecule has 0 N–H and O–H groups in total. The summed E-state index contributed by atoms with van der Waals surface area (Å²) in [7, 11) is 1.48. The molecular weight excluding hydrogens is 399 g/mol. The Labute approximate surface area is 146 Å². The van der Waals surface area contributed by atoms with Crippen molar-refractivity contribution in [1.82, 2.24) is 0 Å². The van der Waals surface area contributed by atoms with Gasteiger partial charge in [-0.05, 0) is 24.6 Å². The summed E-state index contributed by atoms with van der Waals surface area (Å²) < 4.78 is 15.9. The van der Waals surface area contributed by atoms with Gasteiger partial charge in [0.2, 0.25) is 0 Å². The third kappa shape index (κ3) is 7.33. The number of ether oxygens (including phenoxy) is 3. The minimum absolute atomic E-state index is 0.0670. The first-order valence-corrected chi connectivity index (χ1v) is 8.07. The van der Waals surface area contributed by atoms with E-state index in [1.54, 1.807) is 18.2 Å². The highest BCUT2D eigenvalue weighted by molar-refractivity contribution is 9.10. The van der Waals surface area contributed by atoms with Crippen LogP contribution in [0.15, 0.2) is 22.7 Å². The number of benzene rings is 1. The molecule has 0 saturated carbocycles. The molecule has 0 fully saturated rings. The summed E-state index contributed by atoms with van der Waals surface area (Å²) in [5.74, 6) is -0.149. The van der Waals surface area contributed by atoms with Crippen molar-refractivity contribution in [1.29, 1.82) is 0 Å². The fourth-order valence-corrected chi connectivity index (χ4v) is 1.97. The molecule has 0 heterocycles. The summed E-state index contributed by atoms with van der Waals surface area (Å²) in [6, 6.07) is 5.04. The van der Waals surface area contributed by atoms with Gasteiger partial charge in [0.15, 0.2) is 11.5 Å². The monoisotopic (exact) mass is 412 g/mol. The molecule has 1 aromatic rings. The van der Waals surface area contributed by atoms with Crippen LogP contribution in [0, 0.1) is 0 Å². The molecule has 0 spiro atoms. The predicted molar refractivity (Wildman–Crippen MR) is 86.6 cm³/mol. The minimum atomic E-state index is -0.751. The van der Waals surface area contributed by atoms with E-state index < -0.39 is 16.8 Å². The quantitative estimate of drug-likeness (QED) is 0.367. The summed E-state index contributed by atoms with van der Waals surface area (Å²) in [5.41, 5.74) is 0. The number of carbonyl (C=O) groups is 2. The maximum absolute atomic E-state index is 11.7. The Hall–Kier alpha value is -0.980. The molecule has 22 heavy (non-hydrogen) atoms. The van der Waals surface area contributed by atoms with Gasteiger partial charge in [0.25, 0.3) is 0 Å². The number of alkyl halides is 2. The van der Waals surface area contributed by atoms with Crippen molar-refractivity contribution in [2.24, 2.45) is 0 Å². The van der Waals surface area contributed by atoms with Crippen molar-refractivity contribution in [3.05, 3.63) is 22.7 Å². The van der Waals surface area contributed by atoms with Crippen molar-refractivity contribution < 1.29 is 23.8 Å². The zero-order valence-corrected chi connectivity index (χ0v) is 14.9. The number of rotatable bonds is 8. The fourth-order valence-electron chi connectivity index (χ4n) is 1.50. The zero-order chi connectivity index (χ0) is 16.5. The van der Waals surface area contributed by atoms with Gasteiger partial charge in [-0.15, -0.1) is 23.2 Å². The lowest BCUT2D eigenvalue weighted by molar-refractivity contribution is -0.143. The second-order valence-corrected chi connectivity index (χ2v) is 6.39. The number of esters is 2. The van der Waals surface area contributed by atoms with Gasteiger partial charge < -0.3 is 14.2 Å². The standard InChI is InChI=1S/C14H15BrCl2O5/c1-20-11-7-9(15)5-6-10(11)22-14(19)4-2-3-13(18)21-8-12(16)17/h5-7,12H,2-4,8H2,1H3. The SMILES string of the molecule is COc1cc(Br)ccc1OC(=O)CCCC(=O)OCC(Cl)Cl. The summed E-state index contributed by atoms with van der Waals surface area (Å²) in [6.45, 7) is -0.0670. The average Bonchev–Trinajstić information content (AvgIpc) is 2.47. The molecule has 0 radical (unpaired) electrons. The number of hydrogen-bond acceptors (Lipinski definition) is 5. The predicted octanol–water partition coefficient (Wildman–Crippen LogP) is 3.88. The van der Waals surface area contributed by atoms with Crippen LogP contribution in [-0.2, 0) is 14.3 Å². The molecular formula is C14H15BrCl2O5. The molecule has 1 aromatic carbocycles. The lowest BCUT2D eigenvalue weighted by atomic mass is 10.2. The van der Waals surface area contributed by atoms with Crippen LogP contribution in [0.4, 0.5) is 0 Å². The highest BCUT2D eigenvalue weighted by atomic mass is 79.9. The molecule has 0 amide bonds. The molecule has 0 aliphatic rings. The Bertz CT molecular complexity index is 522. The van der Waals surface area contributed by atoms with Gasteiger partial charge in [-0.2, -0.15) is 0 Å². The van der Waals surface area contributed by atoms with Crippen LogP contribution >= 0.6 is 39.1 Å². The zero-order valence-electron chi connectivity index (χ0n) is 11.8. The summed E-state index contributed by atoms with van der Waals surface area (Å²) in [4.78, 5) is 22.3. The van der Waals surface area contributed by atoms with Gasteiger partial charge in [0.05, 0.1) is 7.11 Å². The van der Waals surface area contributed by atoms with E-state index in [2.05, 4.69) is 15.9 Å². The van der Waals surface area contributed by atoms with Gasteiger partial charge in [-0.3, -0.25) is 9.59 Å². The van der Waals surface area contributed by atoms with Gasteiger partial charge >= 0.3 is 11.9 Å². The van der Waals surface area contributed by atoms with E-state index in [4.69, 9.17) is 37.4 Å². The van der Waals surface area contributed by atoms with E-state index in [0.717, 1.165) is 4.47 Å². The fraction of sp³-hybridized carbons (Fsp3) is 0.429. The third-order valence-electron chi connectivity index (χ3n) is 2.48. The Morgan fingerprint density at radius 1 is 1.18 bits per heavy atom. The first-order valence-electron chi connectivity index (χ1n) is 6.40. The smallest absolute Gasteiger partial charge is 0.311 e. The molecule has 0 atom stereocenters. The normalized spacial score (nSPS) is 10.4. The van der Waals surface area contributed by atoms with Gasteiger partial charge in [-0.1, -0.05) is 15.9 Å². The minimum Gasteiger partial charge on any atom is -0.493 e. The second kappa shape index (κ2) is 9.92. The van der Waals surface area contributed by atoms with E-state index in [-0.39, 0.29) is 19.4 Å². The summed E-state index contributed by atoms with van der Waals surface area (Å²) in [5, 5.41) is 0. The van der Waals surface area contributed by atoms with Gasteiger partial charge in [0.1, 0.15) is 11.4 Å². The Morgan fingerprint density at radius 3 is 2.50 bits per heavy atom. The molecule has 0 aromatic heterocycles. The number of halogens is 3. The van der Waals surface area contributed by atoms with E-state index in [1.807, 2.05) is 0 Å². The topological polar surface area (TPSA) is 61.8 Å². The number of carbonyl (C=O) groups excluding carboxylic acids is 2. The Balaban J connectivity index is 2.36. The molecule has 0 unspecified atom stereocenters. The molecule has 0 aliphatic carbocycles. The molecule has 5 nitrogen and oxygen atoms in total. The molecule has 1 rings (SSSR count). The number of hydrogen-bond donors (Lipinski definition) is 0. The van der Waals surface area contributed by atoms with E-state index in [1.165, 1.54) is 7.11 Å². The van der Waals surface area contributed by atoms with Crippen LogP contribution in [0.1, 0.15) is 19.3 Å². The van der Waals surface area contributed by atoms with Crippen molar-refractivity contribution in [3.8, 4) is 11.5 Å². The molecule has 0 saturated heterocycles. The van der Waals surface area contributed by atoms with Crippen LogP contribution in [0.2, 0.25) is 0 Å². The van der Waals surface area contributed by atoms with Crippen LogP contribution < -0.4 is 9.47 Å². The lowest BCUT2D eigenvalue weighted by Crippen LogP contribution is -2.12. The van der Waals surface area contributed by atoms with E-state index >= 15 is 0 Å². The third-order valence-corrected chi connectivity index (χ3v) is 3.23. The average molecular weight is 414 g/mol. The molecule has 0 bridgehead atoms. The van der Waals surface area contributed by atoms with Crippen LogP contribution in [0.25, 0.3) is 0 Å². The summed E-state index contributed by atoms with van der Waals surface area (Å²) in [6.07, 6.45) is 0.484. The maximum Gasteiger partial charge on any atom is 0.311 e. The van der Waals surface area contributed by atoms with E-state index in [9.17, 15) is 9.59 Å². The first-order chi connectivity index (χ1) is 10.4. The largest absolute Gasteiger partial charge is 0.493 e. The first kappa shape index (κ1) is 19.1. The molecule has 8 heteroatoms. The van der Waals surface area contributed by atoms with Gasteiger partial charge in [-0.25, -0.2) is 0 Å². The Kier molecular flexibility index (Phi) is 8.60. The van der Waals surface area contributed by atoms with Crippen molar-refractivity contribution in [3.63, 3.8) is 0 Å². The molecule has 122 valence electrons. The van der Waals surface area contributed by atoms with E-state index in [0.29, 0.717) is 17.9 Å². The van der Waals surface area contributed by atoms with Crippen molar-refractivity contribution in [2.75, 3.05) is 13.7 Å². The second-order valence-electron chi connectivity index (χ2n) is 4.20. The lowest BCUT2D eigenvalue weighted by Gasteiger charge is -2.09. The highest BCUT2D eigenvalue weighted by Gasteiger charge is 2.12. The van der Waals surface area contributed by atoms with Gasteiger partial charge in [0, 0.05) is 17.3 Å². The highest BCUT2D eigenvalue weighted by Crippen LogP contribution is 2.30. The maximum atomic E-state index is 11.7. The molecule has 0 aliphatic heterocycles.